The molecule has 1 unspecified atom stereocenters. The van der Waals surface area contributed by atoms with Gasteiger partial charge < -0.3 is 15.4 Å². The second kappa shape index (κ2) is 4.85. The number of rotatable bonds is 3. The molecule has 0 spiro atoms. The third-order valence-electron chi connectivity index (χ3n) is 2.63. The summed E-state index contributed by atoms with van der Waals surface area (Å²) in [5, 5.41) is 2.42. The van der Waals surface area contributed by atoms with Gasteiger partial charge in [-0.3, -0.25) is 4.79 Å². The molecular formula is C11H14N2O3S. The Morgan fingerprint density at radius 2 is 2.47 bits per heavy atom. The van der Waals surface area contributed by atoms with Crippen LogP contribution < -0.4 is 10.6 Å². The van der Waals surface area contributed by atoms with Gasteiger partial charge in [0.1, 0.15) is 5.00 Å². The number of esters is 1. The van der Waals surface area contributed by atoms with Crippen LogP contribution in [-0.4, -0.2) is 31.1 Å². The summed E-state index contributed by atoms with van der Waals surface area (Å²) in [5.74, 6) is -0.519. The lowest BCUT2D eigenvalue weighted by Crippen LogP contribution is -2.34. The number of nitrogens with two attached hydrogens (primary N) is 1. The van der Waals surface area contributed by atoms with E-state index < -0.39 is 12.0 Å². The second-order valence-electron chi connectivity index (χ2n) is 3.74. The predicted octanol–water partition coefficient (Wildman–Crippen LogP) is 0.989. The highest BCUT2D eigenvalue weighted by molar-refractivity contribution is 7.14. The lowest BCUT2D eigenvalue weighted by Gasteiger charge is -2.15. The monoisotopic (exact) mass is 254 g/mol. The van der Waals surface area contributed by atoms with Gasteiger partial charge in [-0.15, -0.1) is 11.3 Å². The zero-order valence-corrected chi connectivity index (χ0v) is 10.3. The molecule has 2 heterocycles. The molecule has 0 aromatic carbocycles. The number of carbonyl (C=O) groups excluding carboxylic acids is 2. The fourth-order valence-corrected chi connectivity index (χ4v) is 2.70. The van der Waals surface area contributed by atoms with E-state index in [1.807, 2.05) is 0 Å². The summed E-state index contributed by atoms with van der Waals surface area (Å²) >= 11 is 1.36. The molecule has 92 valence electrons. The summed E-state index contributed by atoms with van der Waals surface area (Å²) in [5.41, 5.74) is 6.10. The van der Waals surface area contributed by atoms with Crippen molar-refractivity contribution >= 4 is 28.2 Å². The first-order chi connectivity index (χ1) is 8.15. The Hall–Kier alpha value is -1.40. The number of ether oxygens (including phenoxy) is 1. The number of anilines is 1. The van der Waals surface area contributed by atoms with E-state index in [-0.39, 0.29) is 5.91 Å². The van der Waals surface area contributed by atoms with Gasteiger partial charge in [0, 0.05) is 6.54 Å². The lowest BCUT2D eigenvalue weighted by molar-refractivity contribution is -0.118. The quantitative estimate of drug-likeness (QED) is 0.816. The molecule has 1 aromatic rings. The van der Waals surface area contributed by atoms with Crippen LogP contribution in [0.25, 0.3) is 0 Å². The van der Waals surface area contributed by atoms with Crippen molar-refractivity contribution < 1.29 is 14.3 Å². The van der Waals surface area contributed by atoms with Gasteiger partial charge in [-0.2, -0.15) is 0 Å². The smallest absolute Gasteiger partial charge is 0.341 e. The van der Waals surface area contributed by atoms with Crippen LogP contribution in [0.1, 0.15) is 23.7 Å². The molecule has 1 saturated heterocycles. The maximum Gasteiger partial charge on any atom is 0.341 e. The largest absolute Gasteiger partial charge is 0.462 e. The topological polar surface area (TPSA) is 72.6 Å². The van der Waals surface area contributed by atoms with E-state index in [1.165, 1.54) is 11.3 Å². The number of carbonyl (C=O) groups is 2. The van der Waals surface area contributed by atoms with Crippen molar-refractivity contribution in [3.8, 4) is 0 Å². The first-order valence-electron chi connectivity index (χ1n) is 5.46. The summed E-state index contributed by atoms with van der Waals surface area (Å²) in [6.45, 7) is 2.63. The Morgan fingerprint density at radius 1 is 1.71 bits per heavy atom. The number of amides is 1. The normalized spacial score (nSPS) is 19.8. The van der Waals surface area contributed by atoms with Crippen molar-refractivity contribution in [3.63, 3.8) is 0 Å². The molecule has 6 heteroatoms. The number of hydrogen-bond donors (Lipinski definition) is 1. The zero-order chi connectivity index (χ0) is 12.4. The first kappa shape index (κ1) is 12.1. The van der Waals surface area contributed by atoms with E-state index in [0.717, 1.165) is 0 Å². The van der Waals surface area contributed by atoms with E-state index in [4.69, 9.17) is 10.5 Å². The molecule has 1 aliphatic rings. The minimum absolute atomic E-state index is 0.127. The van der Waals surface area contributed by atoms with Gasteiger partial charge in [0.15, 0.2) is 0 Å². The molecule has 1 atom stereocenters. The van der Waals surface area contributed by atoms with E-state index in [9.17, 15) is 9.59 Å². The lowest BCUT2D eigenvalue weighted by atomic mass is 10.3. The van der Waals surface area contributed by atoms with Crippen molar-refractivity contribution in [2.24, 2.45) is 5.73 Å². The van der Waals surface area contributed by atoms with E-state index in [0.29, 0.717) is 30.1 Å². The minimum atomic E-state index is -0.452. The Morgan fingerprint density at radius 3 is 3.06 bits per heavy atom. The van der Waals surface area contributed by atoms with E-state index >= 15 is 0 Å². The molecule has 2 N–H and O–H groups in total. The minimum Gasteiger partial charge on any atom is -0.462 e. The Balaban J connectivity index is 2.25. The van der Waals surface area contributed by atoms with Crippen LogP contribution in [0, 0.1) is 0 Å². The molecule has 0 radical (unpaired) electrons. The van der Waals surface area contributed by atoms with Crippen LogP contribution in [0.5, 0.6) is 0 Å². The zero-order valence-electron chi connectivity index (χ0n) is 9.51. The molecule has 0 bridgehead atoms. The van der Waals surface area contributed by atoms with Gasteiger partial charge in [0.2, 0.25) is 5.91 Å². The SMILES string of the molecule is CCOC(=O)c1ccsc1N1CCC(N)C1=O. The van der Waals surface area contributed by atoms with Crippen molar-refractivity contribution in [1.82, 2.24) is 0 Å². The van der Waals surface area contributed by atoms with Crippen molar-refractivity contribution in [1.29, 1.82) is 0 Å². The molecule has 17 heavy (non-hydrogen) atoms. The summed E-state index contributed by atoms with van der Waals surface area (Å²) in [6, 6.07) is 1.22. The van der Waals surface area contributed by atoms with Crippen LogP contribution in [0.15, 0.2) is 11.4 Å². The van der Waals surface area contributed by atoms with Crippen LogP contribution in [0.4, 0.5) is 5.00 Å². The molecule has 1 aromatic heterocycles. The maximum atomic E-state index is 11.8. The highest BCUT2D eigenvalue weighted by atomic mass is 32.1. The van der Waals surface area contributed by atoms with Crippen molar-refractivity contribution in [2.45, 2.75) is 19.4 Å². The highest BCUT2D eigenvalue weighted by Gasteiger charge is 2.32. The average molecular weight is 254 g/mol. The van der Waals surface area contributed by atoms with Gasteiger partial charge in [0.05, 0.1) is 18.2 Å². The Labute approximate surface area is 103 Å². The second-order valence-corrected chi connectivity index (χ2v) is 4.64. The summed E-state index contributed by atoms with van der Waals surface area (Å²) in [6.07, 6.45) is 0.624. The third-order valence-corrected chi connectivity index (χ3v) is 3.57. The summed E-state index contributed by atoms with van der Waals surface area (Å²) in [4.78, 5) is 25.0. The van der Waals surface area contributed by atoms with Crippen LogP contribution >= 0.6 is 11.3 Å². The van der Waals surface area contributed by atoms with Gasteiger partial charge in [-0.05, 0) is 24.8 Å². The summed E-state index contributed by atoms with van der Waals surface area (Å²) < 4.78 is 4.95. The van der Waals surface area contributed by atoms with Crippen molar-refractivity contribution in [2.75, 3.05) is 18.1 Å². The highest BCUT2D eigenvalue weighted by Crippen LogP contribution is 2.31. The fourth-order valence-electron chi connectivity index (χ4n) is 1.78. The average Bonchev–Trinajstić information content (AvgIpc) is 2.88. The van der Waals surface area contributed by atoms with E-state index in [2.05, 4.69) is 0 Å². The molecule has 5 nitrogen and oxygen atoms in total. The molecular weight excluding hydrogens is 240 g/mol. The van der Waals surface area contributed by atoms with E-state index in [1.54, 1.807) is 23.3 Å². The van der Waals surface area contributed by atoms with Crippen LogP contribution in [0.3, 0.4) is 0 Å². The predicted molar refractivity (Wildman–Crippen MR) is 65.2 cm³/mol. The molecule has 2 rings (SSSR count). The molecule has 1 aliphatic heterocycles. The molecule has 1 fully saturated rings. The number of thiophene rings is 1. The van der Waals surface area contributed by atoms with Gasteiger partial charge in [-0.25, -0.2) is 4.79 Å². The van der Waals surface area contributed by atoms with Gasteiger partial charge in [-0.1, -0.05) is 0 Å². The van der Waals surface area contributed by atoms with Gasteiger partial charge in [0.25, 0.3) is 0 Å². The Bertz CT molecular complexity index is 444. The van der Waals surface area contributed by atoms with Gasteiger partial charge >= 0.3 is 5.97 Å². The molecule has 0 saturated carbocycles. The van der Waals surface area contributed by atoms with Crippen LogP contribution in [0.2, 0.25) is 0 Å². The van der Waals surface area contributed by atoms with Crippen LogP contribution in [-0.2, 0) is 9.53 Å². The Kier molecular flexibility index (Phi) is 3.44. The first-order valence-corrected chi connectivity index (χ1v) is 6.34. The molecule has 1 amide bonds. The van der Waals surface area contributed by atoms with Crippen molar-refractivity contribution in [3.05, 3.63) is 17.0 Å². The number of hydrogen-bond acceptors (Lipinski definition) is 5. The fraction of sp³-hybridized carbons (Fsp3) is 0.455. The standard InChI is InChI=1S/C11H14N2O3S/c1-2-16-11(15)7-4-6-17-10(7)13-5-3-8(12)9(13)14/h4,6,8H,2-3,5,12H2,1H3. The number of nitrogens with zero attached hydrogens (tertiary/aromatic N) is 1. The molecule has 0 aliphatic carbocycles. The maximum absolute atomic E-state index is 11.8. The summed E-state index contributed by atoms with van der Waals surface area (Å²) in [7, 11) is 0. The third kappa shape index (κ3) is 2.18.